The van der Waals surface area contributed by atoms with Gasteiger partial charge in [-0.3, -0.25) is 9.78 Å². The molecule has 6 nitrogen and oxygen atoms in total. The summed E-state index contributed by atoms with van der Waals surface area (Å²) in [5, 5.41) is 2.88. The van der Waals surface area contributed by atoms with E-state index in [0.29, 0.717) is 5.82 Å². The first-order chi connectivity index (χ1) is 8.67. The molecular weight excluding hydrogens is 250 g/mol. The lowest BCUT2D eigenvalue weighted by molar-refractivity contribution is 0.0934. The summed E-state index contributed by atoms with van der Waals surface area (Å²) in [6.45, 7) is 4.10. The zero-order valence-electron chi connectivity index (χ0n) is 10.6. The van der Waals surface area contributed by atoms with Crippen molar-refractivity contribution in [1.29, 1.82) is 0 Å². The van der Waals surface area contributed by atoms with Gasteiger partial charge in [0, 0.05) is 6.04 Å². The zero-order valence-corrected chi connectivity index (χ0v) is 11.5. The fourth-order valence-corrected chi connectivity index (χ4v) is 2.13. The van der Waals surface area contributed by atoms with Gasteiger partial charge < -0.3 is 10.7 Å². The van der Waals surface area contributed by atoms with Crippen LogP contribution >= 0.6 is 11.8 Å². The topological polar surface area (TPSA) is 92.9 Å². The smallest absolute Gasteiger partial charge is 0.271 e. The van der Waals surface area contributed by atoms with E-state index in [1.54, 1.807) is 0 Å². The Kier molecular flexibility index (Phi) is 6.45. The fraction of sp³-hybridized carbons (Fsp3) is 0.545. The van der Waals surface area contributed by atoms with Crippen LogP contribution in [0.15, 0.2) is 12.4 Å². The van der Waals surface area contributed by atoms with Crippen LogP contribution in [-0.2, 0) is 0 Å². The van der Waals surface area contributed by atoms with Crippen molar-refractivity contribution in [2.75, 3.05) is 16.9 Å². The van der Waals surface area contributed by atoms with Crippen LogP contribution in [0.5, 0.6) is 0 Å². The second kappa shape index (κ2) is 7.88. The number of hydrogen-bond acceptors (Lipinski definition) is 6. The Morgan fingerprint density at radius 3 is 3.00 bits per heavy atom. The number of nitrogens with zero attached hydrogens (tertiary/aromatic N) is 2. The first-order valence-electron chi connectivity index (χ1n) is 5.84. The Labute approximate surface area is 111 Å². The number of hydrazine groups is 1. The molecule has 7 heteroatoms. The summed E-state index contributed by atoms with van der Waals surface area (Å²) in [5.41, 5.74) is 2.62. The van der Waals surface area contributed by atoms with E-state index in [1.807, 2.05) is 18.7 Å². The molecule has 1 unspecified atom stereocenters. The number of thioether (sulfide) groups is 1. The minimum absolute atomic E-state index is 0.118. The highest BCUT2D eigenvalue weighted by Crippen LogP contribution is 2.05. The number of amides is 1. The highest BCUT2D eigenvalue weighted by Gasteiger charge is 2.11. The number of nitrogens with one attached hydrogen (secondary N) is 2. The molecule has 100 valence electrons. The molecule has 0 aliphatic rings. The molecule has 0 aliphatic heterocycles. The van der Waals surface area contributed by atoms with Gasteiger partial charge in [0.15, 0.2) is 5.82 Å². The molecule has 4 N–H and O–H groups in total. The van der Waals surface area contributed by atoms with Gasteiger partial charge in [0.05, 0.1) is 12.4 Å². The lowest BCUT2D eigenvalue weighted by atomic mass is 10.2. The van der Waals surface area contributed by atoms with Crippen molar-refractivity contribution in [3.05, 3.63) is 18.1 Å². The zero-order chi connectivity index (χ0) is 13.4. The van der Waals surface area contributed by atoms with Crippen LogP contribution in [0, 0.1) is 0 Å². The number of anilines is 1. The van der Waals surface area contributed by atoms with E-state index in [1.165, 1.54) is 12.4 Å². The summed E-state index contributed by atoms with van der Waals surface area (Å²) in [4.78, 5) is 19.8. The van der Waals surface area contributed by atoms with Gasteiger partial charge in [-0.05, 0) is 24.9 Å². The van der Waals surface area contributed by atoms with Crippen LogP contribution in [-0.4, -0.2) is 33.4 Å². The molecule has 0 spiro atoms. The molecular formula is C11H19N5OS. The van der Waals surface area contributed by atoms with E-state index in [9.17, 15) is 4.79 Å². The van der Waals surface area contributed by atoms with Gasteiger partial charge in [0.2, 0.25) is 0 Å². The van der Waals surface area contributed by atoms with Crippen LogP contribution in [0.1, 0.15) is 30.8 Å². The number of nitrogen functional groups attached to an aromatic ring is 1. The molecule has 0 bridgehead atoms. The number of rotatable bonds is 7. The summed E-state index contributed by atoms with van der Waals surface area (Å²) in [6, 6.07) is 0.118. The summed E-state index contributed by atoms with van der Waals surface area (Å²) in [6.07, 6.45) is 3.81. The largest absolute Gasteiger partial charge is 0.348 e. The van der Waals surface area contributed by atoms with Crippen molar-refractivity contribution < 1.29 is 4.79 Å². The minimum atomic E-state index is -0.228. The van der Waals surface area contributed by atoms with Crippen LogP contribution in [0.25, 0.3) is 0 Å². The molecule has 0 saturated carbocycles. The summed E-state index contributed by atoms with van der Waals surface area (Å²) < 4.78 is 0. The van der Waals surface area contributed by atoms with E-state index < -0.39 is 0 Å². The third-order valence-electron chi connectivity index (χ3n) is 2.29. The highest BCUT2D eigenvalue weighted by atomic mass is 32.2. The molecule has 0 aliphatic carbocycles. The van der Waals surface area contributed by atoms with Crippen LogP contribution < -0.4 is 16.6 Å². The standard InChI is InChI=1S/C11H19N5OS/c1-3-18-5-4-8(2)14-11(17)9-6-13-7-10(15-9)16-12/h6-8H,3-5,12H2,1-2H3,(H,14,17)(H,15,16). The lowest BCUT2D eigenvalue weighted by Gasteiger charge is -2.13. The second-order valence-corrected chi connectivity index (χ2v) is 5.19. The number of carbonyl (C=O) groups is 1. The van der Waals surface area contributed by atoms with Crippen molar-refractivity contribution in [2.24, 2.45) is 5.84 Å². The monoisotopic (exact) mass is 269 g/mol. The van der Waals surface area contributed by atoms with Crippen LogP contribution in [0.3, 0.4) is 0 Å². The molecule has 1 atom stereocenters. The molecule has 0 saturated heterocycles. The number of carbonyl (C=O) groups excluding carboxylic acids is 1. The van der Waals surface area contributed by atoms with E-state index in [0.717, 1.165) is 17.9 Å². The predicted molar refractivity (Wildman–Crippen MR) is 74.4 cm³/mol. The molecule has 1 heterocycles. The van der Waals surface area contributed by atoms with E-state index in [2.05, 4.69) is 27.6 Å². The van der Waals surface area contributed by atoms with Crippen molar-refractivity contribution in [2.45, 2.75) is 26.3 Å². The van der Waals surface area contributed by atoms with Crippen molar-refractivity contribution in [3.8, 4) is 0 Å². The van der Waals surface area contributed by atoms with Gasteiger partial charge in [-0.1, -0.05) is 6.92 Å². The molecule has 18 heavy (non-hydrogen) atoms. The van der Waals surface area contributed by atoms with Crippen LogP contribution in [0.4, 0.5) is 5.82 Å². The van der Waals surface area contributed by atoms with Gasteiger partial charge >= 0.3 is 0 Å². The Hall–Kier alpha value is -1.34. The van der Waals surface area contributed by atoms with E-state index in [-0.39, 0.29) is 17.6 Å². The molecule has 0 aromatic carbocycles. The first-order valence-corrected chi connectivity index (χ1v) is 7.00. The SMILES string of the molecule is CCSCCC(C)NC(=O)c1cncc(NN)n1. The summed E-state index contributed by atoms with van der Waals surface area (Å²) >= 11 is 1.86. The minimum Gasteiger partial charge on any atom is -0.348 e. The van der Waals surface area contributed by atoms with Crippen LogP contribution in [0.2, 0.25) is 0 Å². The third kappa shape index (κ3) is 4.89. The van der Waals surface area contributed by atoms with Crippen molar-refractivity contribution >= 4 is 23.5 Å². The third-order valence-corrected chi connectivity index (χ3v) is 3.22. The Morgan fingerprint density at radius 1 is 1.56 bits per heavy atom. The van der Waals surface area contributed by atoms with Gasteiger partial charge in [-0.25, -0.2) is 10.8 Å². The molecule has 0 radical (unpaired) electrons. The summed E-state index contributed by atoms with van der Waals surface area (Å²) in [7, 11) is 0. The number of hydrogen-bond donors (Lipinski definition) is 3. The maximum atomic E-state index is 11.9. The first kappa shape index (κ1) is 14.7. The Morgan fingerprint density at radius 2 is 2.33 bits per heavy atom. The number of aromatic nitrogens is 2. The van der Waals surface area contributed by atoms with Crippen molar-refractivity contribution in [1.82, 2.24) is 15.3 Å². The maximum absolute atomic E-state index is 11.9. The van der Waals surface area contributed by atoms with Gasteiger partial charge in [0.25, 0.3) is 5.91 Å². The predicted octanol–water partition coefficient (Wildman–Crippen LogP) is 1.02. The molecule has 1 aromatic rings. The molecule has 1 amide bonds. The molecule has 0 fully saturated rings. The van der Waals surface area contributed by atoms with Gasteiger partial charge in [-0.2, -0.15) is 11.8 Å². The Balaban J connectivity index is 2.48. The second-order valence-electron chi connectivity index (χ2n) is 3.79. The highest BCUT2D eigenvalue weighted by molar-refractivity contribution is 7.99. The average Bonchev–Trinajstić information content (AvgIpc) is 2.39. The van der Waals surface area contributed by atoms with Gasteiger partial charge in [0.1, 0.15) is 5.69 Å². The van der Waals surface area contributed by atoms with Gasteiger partial charge in [-0.15, -0.1) is 0 Å². The number of nitrogens with two attached hydrogens (primary N) is 1. The fourth-order valence-electron chi connectivity index (χ4n) is 1.32. The molecule has 1 aromatic heterocycles. The molecule has 1 rings (SSSR count). The van der Waals surface area contributed by atoms with E-state index in [4.69, 9.17) is 5.84 Å². The quantitative estimate of drug-likeness (QED) is 0.389. The lowest BCUT2D eigenvalue weighted by Crippen LogP contribution is -2.33. The average molecular weight is 269 g/mol. The maximum Gasteiger partial charge on any atom is 0.271 e. The summed E-state index contributed by atoms with van der Waals surface area (Å²) in [5.74, 6) is 7.49. The van der Waals surface area contributed by atoms with E-state index >= 15 is 0 Å². The normalized spacial score (nSPS) is 11.9. The Bertz CT molecular complexity index is 387. The van der Waals surface area contributed by atoms with Crippen molar-refractivity contribution in [3.63, 3.8) is 0 Å².